The van der Waals surface area contributed by atoms with Crippen molar-refractivity contribution in [2.24, 2.45) is 7.05 Å². The first-order valence-electron chi connectivity index (χ1n) is 7.26. The van der Waals surface area contributed by atoms with E-state index < -0.39 is 0 Å². The number of para-hydroxylation sites is 1. The molecule has 0 aliphatic heterocycles. The summed E-state index contributed by atoms with van der Waals surface area (Å²) in [4.78, 5) is 24.7. The van der Waals surface area contributed by atoms with Crippen LogP contribution in [0.2, 0.25) is 0 Å². The van der Waals surface area contributed by atoms with Crippen molar-refractivity contribution in [1.82, 2.24) is 9.13 Å². The molecule has 0 aliphatic carbocycles. The summed E-state index contributed by atoms with van der Waals surface area (Å²) in [5, 5.41) is 0. The first kappa shape index (κ1) is 14.9. The molecular formula is C17H17N3O3. The van der Waals surface area contributed by atoms with Gasteiger partial charge in [-0.25, -0.2) is 9.36 Å². The molecule has 0 atom stereocenters. The van der Waals surface area contributed by atoms with Crippen LogP contribution in [0.4, 0.5) is 5.69 Å². The van der Waals surface area contributed by atoms with Gasteiger partial charge >= 0.3 is 5.69 Å². The van der Waals surface area contributed by atoms with E-state index in [2.05, 4.69) is 0 Å². The van der Waals surface area contributed by atoms with E-state index in [0.29, 0.717) is 22.5 Å². The molecule has 6 nitrogen and oxygen atoms in total. The Morgan fingerprint density at radius 1 is 1.13 bits per heavy atom. The van der Waals surface area contributed by atoms with Crippen LogP contribution in [0.1, 0.15) is 11.2 Å². The quantitative estimate of drug-likeness (QED) is 0.748. The van der Waals surface area contributed by atoms with Gasteiger partial charge in [0, 0.05) is 12.7 Å². The van der Waals surface area contributed by atoms with Crippen LogP contribution in [0.3, 0.4) is 0 Å². The highest BCUT2D eigenvalue weighted by Gasteiger charge is 2.16. The van der Waals surface area contributed by atoms with Crippen LogP contribution in [0.15, 0.2) is 53.3 Å². The molecule has 0 saturated carbocycles. The van der Waals surface area contributed by atoms with Crippen molar-refractivity contribution in [3.8, 4) is 5.75 Å². The Balaban J connectivity index is 1.82. The number of nitrogen functional groups attached to an aromatic ring is 1. The van der Waals surface area contributed by atoms with Crippen molar-refractivity contribution in [2.45, 2.75) is 6.42 Å². The van der Waals surface area contributed by atoms with Crippen molar-refractivity contribution in [1.29, 1.82) is 0 Å². The third kappa shape index (κ3) is 2.83. The normalized spacial score (nSPS) is 10.8. The van der Waals surface area contributed by atoms with E-state index in [1.54, 1.807) is 25.2 Å². The number of carbonyl (C=O) groups excluding carboxylic acids is 1. The van der Waals surface area contributed by atoms with Gasteiger partial charge in [-0.3, -0.25) is 9.36 Å². The lowest BCUT2D eigenvalue weighted by Gasteiger charge is -2.06. The van der Waals surface area contributed by atoms with Crippen molar-refractivity contribution in [3.05, 3.63) is 59.0 Å². The van der Waals surface area contributed by atoms with Gasteiger partial charge in [0.1, 0.15) is 5.75 Å². The van der Waals surface area contributed by atoms with Gasteiger partial charge in [-0.2, -0.15) is 0 Å². The number of aryl methyl sites for hydroxylation is 1. The molecule has 23 heavy (non-hydrogen) atoms. The van der Waals surface area contributed by atoms with Crippen molar-refractivity contribution >= 4 is 22.6 Å². The maximum atomic E-state index is 12.4. The second-order valence-corrected chi connectivity index (χ2v) is 5.23. The number of carbonyl (C=O) groups is 1. The highest BCUT2D eigenvalue weighted by atomic mass is 16.5. The number of ether oxygens (including phenoxy) is 1. The van der Waals surface area contributed by atoms with E-state index >= 15 is 0 Å². The Kier molecular flexibility index (Phi) is 3.89. The standard InChI is InChI=1S/C17H17N3O3/c1-19-14-8-7-12(18)11-15(14)20(17(19)22)16(21)9-10-23-13-5-3-2-4-6-13/h2-8,11H,9-10,18H2,1H3. The zero-order chi connectivity index (χ0) is 16.4. The molecule has 0 radical (unpaired) electrons. The van der Waals surface area contributed by atoms with Crippen molar-refractivity contribution in [3.63, 3.8) is 0 Å². The SMILES string of the molecule is Cn1c(=O)n(C(=O)CCOc2ccccc2)c2cc(N)ccc21. The van der Waals surface area contributed by atoms with Gasteiger partial charge in [-0.15, -0.1) is 0 Å². The average molecular weight is 311 g/mol. The highest BCUT2D eigenvalue weighted by molar-refractivity contribution is 5.91. The summed E-state index contributed by atoms with van der Waals surface area (Å²) < 4.78 is 8.10. The number of nitrogens with two attached hydrogens (primary N) is 1. The topological polar surface area (TPSA) is 79.2 Å². The van der Waals surface area contributed by atoms with E-state index in [-0.39, 0.29) is 24.6 Å². The number of imidazole rings is 1. The molecule has 0 fully saturated rings. The summed E-state index contributed by atoms with van der Waals surface area (Å²) in [6.45, 7) is 0.202. The fourth-order valence-electron chi connectivity index (χ4n) is 2.49. The number of hydrogen-bond acceptors (Lipinski definition) is 4. The smallest absolute Gasteiger partial charge is 0.335 e. The van der Waals surface area contributed by atoms with Gasteiger partial charge in [-0.1, -0.05) is 18.2 Å². The fourth-order valence-corrected chi connectivity index (χ4v) is 2.49. The van der Waals surface area contributed by atoms with Crippen LogP contribution in [0, 0.1) is 0 Å². The molecule has 2 N–H and O–H groups in total. The van der Waals surface area contributed by atoms with Crippen LogP contribution < -0.4 is 16.2 Å². The summed E-state index contributed by atoms with van der Waals surface area (Å²) in [5.74, 6) is 0.372. The third-order valence-corrected chi connectivity index (χ3v) is 3.66. The Morgan fingerprint density at radius 3 is 2.61 bits per heavy atom. The van der Waals surface area contributed by atoms with Gasteiger partial charge in [-0.05, 0) is 30.3 Å². The zero-order valence-electron chi connectivity index (χ0n) is 12.7. The van der Waals surface area contributed by atoms with Gasteiger partial charge in [0.25, 0.3) is 0 Å². The second-order valence-electron chi connectivity index (χ2n) is 5.23. The number of benzene rings is 2. The van der Waals surface area contributed by atoms with Crippen LogP contribution in [-0.2, 0) is 7.05 Å². The van der Waals surface area contributed by atoms with Crippen LogP contribution in [0.5, 0.6) is 5.75 Å². The molecule has 0 amide bonds. The molecule has 118 valence electrons. The molecule has 0 aliphatic rings. The number of fused-ring (bicyclic) bond motifs is 1. The summed E-state index contributed by atoms with van der Waals surface area (Å²) in [7, 11) is 1.63. The Morgan fingerprint density at radius 2 is 1.87 bits per heavy atom. The van der Waals surface area contributed by atoms with Crippen molar-refractivity contribution in [2.75, 3.05) is 12.3 Å². The van der Waals surface area contributed by atoms with Crippen molar-refractivity contribution < 1.29 is 9.53 Å². The summed E-state index contributed by atoms with van der Waals surface area (Å²) in [5.41, 5.74) is 7.08. The Labute approximate surface area is 132 Å². The lowest BCUT2D eigenvalue weighted by Crippen LogP contribution is -2.28. The zero-order valence-corrected chi connectivity index (χ0v) is 12.7. The average Bonchev–Trinajstić information content (AvgIpc) is 2.79. The Hall–Kier alpha value is -3.02. The minimum Gasteiger partial charge on any atom is -0.493 e. The molecule has 0 spiro atoms. The summed E-state index contributed by atoms with van der Waals surface area (Å²) >= 11 is 0. The van der Waals surface area contributed by atoms with Crippen LogP contribution in [0.25, 0.3) is 11.0 Å². The lowest BCUT2D eigenvalue weighted by atomic mass is 10.2. The molecule has 1 aromatic heterocycles. The second kappa shape index (κ2) is 6.00. The van der Waals surface area contributed by atoms with E-state index in [9.17, 15) is 9.59 Å². The molecular weight excluding hydrogens is 294 g/mol. The Bertz CT molecular complexity index is 910. The summed E-state index contributed by atoms with van der Waals surface area (Å²) in [6, 6.07) is 14.3. The minimum atomic E-state index is -0.379. The van der Waals surface area contributed by atoms with Crippen LogP contribution >= 0.6 is 0 Å². The predicted octanol–water partition coefficient (Wildman–Crippen LogP) is 2.03. The van der Waals surface area contributed by atoms with Crippen LogP contribution in [-0.4, -0.2) is 21.6 Å². The van der Waals surface area contributed by atoms with E-state index in [1.807, 2.05) is 30.3 Å². The van der Waals surface area contributed by atoms with Gasteiger partial charge in [0.05, 0.1) is 24.1 Å². The van der Waals surface area contributed by atoms with Gasteiger partial charge in [0.2, 0.25) is 5.91 Å². The van der Waals surface area contributed by atoms with E-state index in [4.69, 9.17) is 10.5 Å². The summed E-state index contributed by atoms with van der Waals surface area (Å²) in [6.07, 6.45) is 0.0999. The fraction of sp³-hybridized carbons (Fsp3) is 0.176. The molecule has 3 aromatic rings. The number of nitrogens with zero attached hydrogens (tertiary/aromatic N) is 2. The first-order chi connectivity index (χ1) is 11.1. The minimum absolute atomic E-state index is 0.0999. The predicted molar refractivity (Wildman–Crippen MR) is 88.8 cm³/mol. The maximum Gasteiger partial charge on any atom is 0.335 e. The van der Waals surface area contributed by atoms with Gasteiger partial charge in [0.15, 0.2) is 0 Å². The molecule has 2 aromatic carbocycles. The molecule has 0 bridgehead atoms. The van der Waals surface area contributed by atoms with Gasteiger partial charge < -0.3 is 10.5 Å². The highest BCUT2D eigenvalue weighted by Crippen LogP contribution is 2.16. The lowest BCUT2D eigenvalue weighted by molar-refractivity contribution is 0.0881. The first-order valence-corrected chi connectivity index (χ1v) is 7.26. The molecule has 0 unspecified atom stereocenters. The number of aromatic nitrogens is 2. The molecule has 1 heterocycles. The number of anilines is 1. The molecule has 6 heteroatoms. The van der Waals surface area contributed by atoms with E-state index in [1.165, 1.54) is 4.57 Å². The number of hydrogen-bond donors (Lipinski definition) is 1. The monoisotopic (exact) mass is 311 g/mol. The van der Waals surface area contributed by atoms with E-state index in [0.717, 1.165) is 4.57 Å². The maximum absolute atomic E-state index is 12.4. The number of rotatable bonds is 4. The third-order valence-electron chi connectivity index (χ3n) is 3.66. The molecule has 0 saturated heterocycles. The molecule has 3 rings (SSSR count). The largest absolute Gasteiger partial charge is 0.493 e.